The Balaban J connectivity index is 1.47. The van der Waals surface area contributed by atoms with Crippen LogP contribution in [0.2, 0.25) is 0 Å². The second-order valence-electron chi connectivity index (χ2n) is 9.60. The zero-order valence-electron chi connectivity index (χ0n) is 20.0. The van der Waals surface area contributed by atoms with Gasteiger partial charge in [0.05, 0.1) is 0 Å². The van der Waals surface area contributed by atoms with Gasteiger partial charge in [0.2, 0.25) is 0 Å². The van der Waals surface area contributed by atoms with E-state index < -0.39 is 17.7 Å². The molecular weight excluding hydrogens is 444 g/mol. The fourth-order valence-corrected chi connectivity index (χ4v) is 5.07. The summed E-state index contributed by atoms with van der Waals surface area (Å²) in [5, 5.41) is 9.99. The van der Waals surface area contributed by atoms with Crippen molar-refractivity contribution in [2.75, 3.05) is 19.6 Å². The Morgan fingerprint density at radius 3 is 2.46 bits per heavy atom. The van der Waals surface area contributed by atoms with Gasteiger partial charge < -0.3 is 9.84 Å². The fourth-order valence-electron chi connectivity index (χ4n) is 5.07. The van der Waals surface area contributed by atoms with Gasteiger partial charge >= 0.3 is 0 Å². The molecule has 1 saturated heterocycles. The number of benzene rings is 3. The highest BCUT2D eigenvalue weighted by Crippen LogP contribution is 2.47. The zero-order chi connectivity index (χ0) is 24.5. The molecule has 0 saturated carbocycles. The molecular formula is C30H29F2NO2. The summed E-state index contributed by atoms with van der Waals surface area (Å²) in [6.45, 7) is 7.44. The van der Waals surface area contributed by atoms with Crippen molar-refractivity contribution in [1.29, 1.82) is 0 Å². The van der Waals surface area contributed by atoms with Crippen molar-refractivity contribution in [3.05, 3.63) is 101 Å². The highest BCUT2D eigenvalue weighted by atomic mass is 19.1. The number of phenols is 1. The van der Waals surface area contributed by atoms with Gasteiger partial charge in [0.1, 0.15) is 29.2 Å². The lowest BCUT2D eigenvalue weighted by Crippen LogP contribution is -2.19. The molecule has 2 aliphatic rings. The predicted molar refractivity (Wildman–Crippen MR) is 136 cm³/mol. The Kier molecular flexibility index (Phi) is 6.44. The van der Waals surface area contributed by atoms with Gasteiger partial charge in [-0.25, -0.2) is 8.78 Å². The number of allylic oxidation sites excluding steroid dienone is 1. The lowest BCUT2D eigenvalue weighted by molar-refractivity contribution is 0.259. The van der Waals surface area contributed by atoms with Crippen LogP contribution in [-0.2, 0) is 0 Å². The van der Waals surface area contributed by atoms with Crippen molar-refractivity contribution in [3.8, 4) is 11.5 Å². The van der Waals surface area contributed by atoms with E-state index in [9.17, 15) is 13.9 Å². The van der Waals surface area contributed by atoms with E-state index in [0.717, 1.165) is 53.9 Å². The minimum atomic E-state index is -0.636. The lowest BCUT2D eigenvalue weighted by atomic mass is 9.86. The number of hydrogen-bond acceptors (Lipinski definition) is 3. The average molecular weight is 474 g/mol. The van der Waals surface area contributed by atoms with Gasteiger partial charge in [-0.15, -0.1) is 0 Å². The summed E-state index contributed by atoms with van der Waals surface area (Å²) < 4.78 is 34.6. The quantitative estimate of drug-likeness (QED) is 0.429. The summed E-state index contributed by atoms with van der Waals surface area (Å²) in [5.41, 5.74) is 4.72. The Hall–Kier alpha value is -3.44. The zero-order valence-corrected chi connectivity index (χ0v) is 20.0. The smallest absolute Gasteiger partial charge is 0.150 e. The monoisotopic (exact) mass is 473 g/mol. The average Bonchev–Trinajstić information content (AvgIpc) is 3.23. The van der Waals surface area contributed by atoms with Crippen LogP contribution in [0.5, 0.6) is 11.5 Å². The van der Waals surface area contributed by atoms with Gasteiger partial charge in [0.25, 0.3) is 0 Å². The van der Waals surface area contributed by atoms with Gasteiger partial charge in [-0.1, -0.05) is 43.3 Å². The van der Waals surface area contributed by atoms with E-state index in [2.05, 4.69) is 24.0 Å². The van der Waals surface area contributed by atoms with E-state index in [1.165, 1.54) is 18.6 Å². The minimum Gasteiger partial charge on any atom is -0.508 e. The maximum absolute atomic E-state index is 14.1. The van der Waals surface area contributed by atoms with Crippen molar-refractivity contribution in [2.45, 2.75) is 26.4 Å². The normalized spacial score (nSPS) is 20.3. The van der Waals surface area contributed by atoms with E-state index in [1.54, 1.807) is 18.2 Å². The Labute approximate surface area is 205 Å². The first kappa shape index (κ1) is 23.3. The van der Waals surface area contributed by atoms with Crippen LogP contribution in [0.25, 0.3) is 17.2 Å². The molecule has 3 nitrogen and oxygen atoms in total. The van der Waals surface area contributed by atoms with Crippen molar-refractivity contribution in [2.24, 2.45) is 5.92 Å². The SMILES string of the molecule is CC1=C(c2cc(F)cc(F)c2)C(c2ccc(/C=C/CN3CC[C@@H](C)C3)cc2)Oc2cc(O)ccc21. The second kappa shape index (κ2) is 9.67. The third kappa shape index (κ3) is 5.01. The molecule has 3 aromatic carbocycles. The van der Waals surface area contributed by atoms with E-state index in [4.69, 9.17) is 4.74 Å². The van der Waals surface area contributed by atoms with Gasteiger partial charge in [0, 0.05) is 36.4 Å². The van der Waals surface area contributed by atoms with E-state index in [1.807, 2.05) is 31.2 Å². The van der Waals surface area contributed by atoms with Crippen molar-refractivity contribution >= 4 is 17.2 Å². The Bertz CT molecular complexity index is 1280. The second-order valence-corrected chi connectivity index (χ2v) is 9.60. The number of ether oxygens (including phenoxy) is 1. The molecule has 3 aromatic rings. The molecule has 1 fully saturated rings. The molecule has 0 spiro atoms. The topological polar surface area (TPSA) is 32.7 Å². The molecule has 0 aromatic heterocycles. The molecule has 2 heterocycles. The van der Waals surface area contributed by atoms with Crippen LogP contribution in [0.3, 0.4) is 0 Å². The molecule has 1 unspecified atom stereocenters. The Morgan fingerprint density at radius 2 is 1.77 bits per heavy atom. The summed E-state index contributed by atoms with van der Waals surface area (Å²) in [4.78, 5) is 2.45. The molecule has 0 radical (unpaired) electrons. The number of likely N-dealkylation sites (tertiary alicyclic amines) is 1. The van der Waals surface area contributed by atoms with Crippen molar-refractivity contribution < 1.29 is 18.6 Å². The van der Waals surface area contributed by atoms with Crippen LogP contribution in [0.15, 0.2) is 66.7 Å². The van der Waals surface area contributed by atoms with Crippen LogP contribution in [-0.4, -0.2) is 29.6 Å². The Morgan fingerprint density at radius 1 is 1.03 bits per heavy atom. The summed E-state index contributed by atoms with van der Waals surface area (Å²) in [6.07, 6.45) is 4.99. The van der Waals surface area contributed by atoms with Crippen LogP contribution in [0, 0.1) is 17.6 Å². The van der Waals surface area contributed by atoms with Gasteiger partial charge in [-0.3, -0.25) is 4.90 Å². The largest absolute Gasteiger partial charge is 0.508 e. The highest BCUT2D eigenvalue weighted by molar-refractivity contribution is 5.95. The van der Waals surface area contributed by atoms with Gasteiger partial charge in [-0.2, -0.15) is 0 Å². The van der Waals surface area contributed by atoms with Gasteiger partial charge in [0.15, 0.2) is 0 Å². The fraction of sp³-hybridized carbons (Fsp3) is 0.267. The highest BCUT2D eigenvalue weighted by Gasteiger charge is 2.30. The summed E-state index contributed by atoms with van der Waals surface area (Å²) in [5.74, 6) is 0.134. The first-order valence-electron chi connectivity index (χ1n) is 12.0. The summed E-state index contributed by atoms with van der Waals surface area (Å²) in [6, 6.07) is 16.5. The minimum absolute atomic E-state index is 0.100. The number of hydrogen-bond donors (Lipinski definition) is 1. The molecule has 35 heavy (non-hydrogen) atoms. The van der Waals surface area contributed by atoms with E-state index >= 15 is 0 Å². The molecule has 2 atom stereocenters. The third-order valence-corrected chi connectivity index (χ3v) is 6.87. The number of aromatic hydroxyl groups is 1. The number of rotatable bonds is 5. The molecule has 0 bridgehead atoms. The van der Waals surface area contributed by atoms with E-state index in [0.29, 0.717) is 16.9 Å². The van der Waals surface area contributed by atoms with Crippen LogP contribution in [0.4, 0.5) is 8.78 Å². The number of halogens is 2. The molecule has 5 rings (SSSR count). The molecule has 180 valence electrons. The molecule has 1 N–H and O–H groups in total. The third-order valence-electron chi connectivity index (χ3n) is 6.87. The predicted octanol–water partition coefficient (Wildman–Crippen LogP) is 7.09. The molecule has 5 heteroatoms. The summed E-state index contributed by atoms with van der Waals surface area (Å²) >= 11 is 0. The molecule has 2 aliphatic heterocycles. The maximum atomic E-state index is 14.1. The first-order chi connectivity index (χ1) is 16.9. The maximum Gasteiger partial charge on any atom is 0.150 e. The van der Waals surface area contributed by atoms with E-state index in [-0.39, 0.29) is 5.75 Å². The summed E-state index contributed by atoms with van der Waals surface area (Å²) in [7, 11) is 0. The first-order valence-corrected chi connectivity index (χ1v) is 12.0. The number of nitrogens with zero attached hydrogens (tertiary/aromatic N) is 1. The molecule has 0 aliphatic carbocycles. The van der Waals surface area contributed by atoms with Crippen molar-refractivity contribution in [1.82, 2.24) is 4.90 Å². The number of phenolic OH excluding ortho intramolecular Hbond substituents is 1. The standard InChI is InChI=1S/C30H29F2NO2/c1-19-11-13-33(18-19)12-3-4-21-5-7-22(8-6-21)30-29(23-14-24(31)16-25(32)15-23)20(2)27-10-9-26(34)17-28(27)35-30/h3-10,14-17,19,30,34H,11-13,18H2,1-2H3/b4-3+/t19-,30?/m1/s1. The van der Waals surface area contributed by atoms with Gasteiger partial charge in [-0.05, 0) is 72.3 Å². The van der Waals surface area contributed by atoms with Crippen LogP contribution >= 0.6 is 0 Å². The van der Waals surface area contributed by atoms with Crippen LogP contribution < -0.4 is 4.74 Å². The molecule has 0 amide bonds. The lowest BCUT2D eigenvalue weighted by Gasteiger charge is -2.31. The van der Waals surface area contributed by atoms with Crippen molar-refractivity contribution in [3.63, 3.8) is 0 Å². The number of fused-ring (bicyclic) bond motifs is 1. The van der Waals surface area contributed by atoms with Crippen LogP contribution in [0.1, 0.15) is 48.6 Å².